The van der Waals surface area contributed by atoms with Gasteiger partial charge in [0.25, 0.3) is 0 Å². The standard InChI is InChI=1S/C11H18O2/c1-10(2)6-9-11(13-12)7-4-3-5-8-11/h10,12H,3-5,7-8H2,1-2H3. The van der Waals surface area contributed by atoms with Crippen LogP contribution in [0.2, 0.25) is 0 Å². The van der Waals surface area contributed by atoms with Gasteiger partial charge in [0, 0.05) is 5.92 Å². The van der Waals surface area contributed by atoms with Crippen LogP contribution in [-0.4, -0.2) is 10.9 Å². The van der Waals surface area contributed by atoms with E-state index in [-0.39, 0.29) is 0 Å². The Bertz CT molecular complexity index is 204. The fourth-order valence-corrected chi connectivity index (χ4v) is 1.64. The van der Waals surface area contributed by atoms with E-state index in [0.717, 1.165) is 25.7 Å². The highest BCUT2D eigenvalue weighted by molar-refractivity contribution is 5.16. The summed E-state index contributed by atoms with van der Waals surface area (Å²) in [5, 5.41) is 8.85. The van der Waals surface area contributed by atoms with Gasteiger partial charge in [-0.2, -0.15) is 0 Å². The fourth-order valence-electron chi connectivity index (χ4n) is 1.64. The first-order chi connectivity index (χ1) is 6.18. The maximum Gasteiger partial charge on any atom is 0.163 e. The van der Waals surface area contributed by atoms with E-state index < -0.39 is 5.60 Å². The topological polar surface area (TPSA) is 29.5 Å². The van der Waals surface area contributed by atoms with E-state index in [4.69, 9.17) is 5.26 Å². The average Bonchev–Trinajstić information content (AvgIpc) is 2.16. The summed E-state index contributed by atoms with van der Waals surface area (Å²) in [7, 11) is 0. The highest BCUT2D eigenvalue weighted by atomic mass is 17.1. The average molecular weight is 182 g/mol. The second-order valence-corrected chi connectivity index (χ2v) is 4.07. The summed E-state index contributed by atoms with van der Waals surface area (Å²) in [6.45, 7) is 4.09. The highest BCUT2D eigenvalue weighted by Crippen LogP contribution is 2.30. The molecule has 0 saturated heterocycles. The molecule has 0 aliphatic heterocycles. The number of rotatable bonds is 1. The van der Waals surface area contributed by atoms with Crippen LogP contribution in [0.3, 0.4) is 0 Å². The van der Waals surface area contributed by atoms with Gasteiger partial charge in [0.15, 0.2) is 5.60 Å². The summed E-state index contributed by atoms with van der Waals surface area (Å²) in [6.07, 6.45) is 5.17. The molecule has 1 rings (SSSR count). The molecule has 0 aromatic rings. The van der Waals surface area contributed by atoms with Crippen molar-refractivity contribution in [2.24, 2.45) is 5.92 Å². The zero-order valence-corrected chi connectivity index (χ0v) is 8.47. The Morgan fingerprint density at radius 3 is 2.31 bits per heavy atom. The van der Waals surface area contributed by atoms with Gasteiger partial charge in [0.1, 0.15) is 0 Å². The molecule has 0 spiro atoms. The lowest BCUT2D eigenvalue weighted by atomic mass is 9.85. The molecule has 2 heteroatoms. The summed E-state index contributed by atoms with van der Waals surface area (Å²) >= 11 is 0. The van der Waals surface area contributed by atoms with Crippen LogP contribution in [0.15, 0.2) is 0 Å². The van der Waals surface area contributed by atoms with Crippen molar-refractivity contribution in [3.8, 4) is 11.8 Å². The van der Waals surface area contributed by atoms with Crippen LogP contribution < -0.4 is 0 Å². The summed E-state index contributed by atoms with van der Waals surface area (Å²) in [6, 6.07) is 0. The van der Waals surface area contributed by atoms with Gasteiger partial charge >= 0.3 is 0 Å². The van der Waals surface area contributed by atoms with Crippen LogP contribution in [0.25, 0.3) is 0 Å². The van der Waals surface area contributed by atoms with Gasteiger partial charge in [-0.3, -0.25) is 5.26 Å². The van der Waals surface area contributed by atoms with Crippen molar-refractivity contribution in [2.45, 2.75) is 51.6 Å². The van der Waals surface area contributed by atoms with Crippen molar-refractivity contribution in [3.63, 3.8) is 0 Å². The predicted molar refractivity (Wildman–Crippen MR) is 52.1 cm³/mol. The van der Waals surface area contributed by atoms with Crippen LogP contribution >= 0.6 is 0 Å². The molecule has 0 bridgehead atoms. The first kappa shape index (κ1) is 10.6. The van der Waals surface area contributed by atoms with Gasteiger partial charge in [0.2, 0.25) is 0 Å². The molecule has 0 aromatic heterocycles. The predicted octanol–water partition coefficient (Wildman–Crippen LogP) is 2.84. The molecular formula is C11H18O2. The zero-order chi connectivity index (χ0) is 9.73. The minimum atomic E-state index is -0.553. The summed E-state index contributed by atoms with van der Waals surface area (Å²) in [5.74, 6) is 6.48. The Hall–Kier alpha value is -0.520. The second kappa shape index (κ2) is 4.64. The SMILES string of the molecule is CC(C)C#CC1(OO)CCCCC1. The van der Waals surface area contributed by atoms with E-state index in [9.17, 15) is 0 Å². The number of hydrogen-bond donors (Lipinski definition) is 1. The van der Waals surface area contributed by atoms with Crippen molar-refractivity contribution in [1.82, 2.24) is 0 Å². The third-order valence-electron chi connectivity index (χ3n) is 2.42. The van der Waals surface area contributed by atoms with E-state index in [0.29, 0.717) is 5.92 Å². The minimum absolute atomic E-state index is 0.342. The molecule has 1 N–H and O–H groups in total. The zero-order valence-electron chi connectivity index (χ0n) is 8.47. The van der Waals surface area contributed by atoms with Gasteiger partial charge in [-0.25, -0.2) is 4.89 Å². The maximum atomic E-state index is 8.85. The van der Waals surface area contributed by atoms with Crippen LogP contribution in [-0.2, 0) is 4.89 Å². The second-order valence-electron chi connectivity index (χ2n) is 4.07. The summed E-state index contributed by atoms with van der Waals surface area (Å²) < 4.78 is 0. The molecule has 0 radical (unpaired) electrons. The molecule has 1 aliphatic rings. The van der Waals surface area contributed by atoms with Crippen molar-refractivity contribution < 1.29 is 10.1 Å². The third kappa shape index (κ3) is 3.02. The molecule has 0 atom stereocenters. The fraction of sp³-hybridized carbons (Fsp3) is 0.818. The van der Waals surface area contributed by atoms with Gasteiger partial charge < -0.3 is 0 Å². The lowest BCUT2D eigenvalue weighted by molar-refractivity contribution is -0.310. The minimum Gasteiger partial charge on any atom is -0.250 e. The molecule has 0 unspecified atom stereocenters. The van der Waals surface area contributed by atoms with E-state index in [1.807, 2.05) is 13.8 Å². The first-order valence-corrected chi connectivity index (χ1v) is 5.04. The van der Waals surface area contributed by atoms with Crippen LogP contribution in [0.4, 0.5) is 0 Å². The Kier molecular flexibility index (Phi) is 3.77. The third-order valence-corrected chi connectivity index (χ3v) is 2.42. The molecular weight excluding hydrogens is 164 g/mol. The van der Waals surface area contributed by atoms with Crippen molar-refractivity contribution >= 4 is 0 Å². The Morgan fingerprint density at radius 1 is 1.23 bits per heavy atom. The van der Waals surface area contributed by atoms with Gasteiger partial charge in [-0.05, 0) is 25.7 Å². The summed E-state index contributed by atoms with van der Waals surface area (Å²) in [4.78, 5) is 4.56. The monoisotopic (exact) mass is 182 g/mol. The van der Waals surface area contributed by atoms with Gasteiger partial charge in [-0.1, -0.05) is 32.1 Å². The van der Waals surface area contributed by atoms with Crippen molar-refractivity contribution in [1.29, 1.82) is 0 Å². The largest absolute Gasteiger partial charge is 0.250 e. The molecule has 0 heterocycles. The van der Waals surface area contributed by atoms with E-state index in [2.05, 4.69) is 16.7 Å². The molecule has 2 nitrogen and oxygen atoms in total. The van der Waals surface area contributed by atoms with Gasteiger partial charge in [0.05, 0.1) is 0 Å². The molecule has 1 fully saturated rings. The quantitative estimate of drug-likeness (QED) is 0.384. The smallest absolute Gasteiger partial charge is 0.163 e. The lowest BCUT2D eigenvalue weighted by Gasteiger charge is -2.28. The molecule has 0 aromatic carbocycles. The van der Waals surface area contributed by atoms with Gasteiger partial charge in [-0.15, -0.1) is 0 Å². The van der Waals surface area contributed by atoms with Crippen molar-refractivity contribution in [2.75, 3.05) is 0 Å². The van der Waals surface area contributed by atoms with E-state index >= 15 is 0 Å². The number of hydrogen-bond acceptors (Lipinski definition) is 2. The molecule has 1 saturated carbocycles. The maximum absolute atomic E-state index is 8.85. The molecule has 13 heavy (non-hydrogen) atoms. The normalized spacial score (nSPS) is 20.9. The Morgan fingerprint density at radius 2 is 1.85 bits per heavy atom. The molecule has 0 amide bonds. The Labute approximate surface area is 80.2 Å². The first-order valence-electron chi connectivity index (χ1n) is 5.04. The molecule has 1 aliphatic carbocycles. The van der Waals surface area contributed by atoms with Crippen LogP contribution in [0.1, 0.15) is 46.0 Å². The van der Waals surface area contributed by atoms with Crippen LogP contribution in [0.5, 0.6) is 0 Å². The summed E-state index contributed by atoms with van der Waals surface area (Å²) in [5.41, 5.74) is -0.553. The Balaban J connectivity index is 2.64. The van der Waals surface area contributed by atoms with E-state index in [1.54, 1.807) is 0 Å². The van der Waals surface area contributed by atoms with E-state index in [1.165, 1.54) is 6.42 Å². The van der Waals surface area contributed by atoms with Crippen molar-refractivity contribution in [3.05, 3.63) is 0 Å². The molecule has 74 valence electrons. The highest BCUT2D eigenvalue weighted by Gasteiger charge is 2.31. The van der Waals surface area contributed by atoms with Crippen LogP contribution in [0, 0.1) is 17.8 Å². The lowest BCUT2D eigenvalue weighted by Crippen LogP contribution is -2.32.